The van der Waals surface area contributed by atoms with Gasteiger partial charge in [-0.05, 0) is 137 Å². The van der Waals surface area contributed by atoms with Crippen molar-refractivity contribution in [2.75, 3.05) is 28.2 Å². The molecule has 10 nitrogen and oxygen atoms in total. The van der Waals surface area contributed by atoms with Crippen molar-refractivity contribution in [2.24, 2.45) is 0 Å². The number of hydrogen-bond donors (Lipinski definition) is 4. The Bertz CT molecular complexity index is 4250. The van der Waals surface area contributed by atoms with Gasteiger partial charge in [0.2, 0.25) is 22.8 Å². The zero-order chi connectivity index (χ0) is 54.9. The van der Waals surface area contributed by atoms with Crippen LogP contribution in [0, 0.1) is 13.8 Å². The summed E-state index contributed by atoms with van der Waals surface area (Å²) in [6, 6.07) is 65.5. The highest BCUT2D eigenvalue weighted by atomic mass is 15.6. The second-order valence-electron chi connectivity index (χ2n) is 22.6. The Hall–Kier alpha value is -9.48. The maximum Gasteiger partial charge on any atom is 0.553 e. The number of aromatic amines is 4. The summed E-state index contributed by atoms with van der Waals surface area (Å²) in [5.41, 5.74) is 24.9. The van der Waals surface area contributed by atoms with Gasteiger partial charge in [0.05, 0.1) is 33.9 Å². The molecule has 0 amide bonds. The van der Waals surface area contributed by atoms with E-state index in [1.54, 1.807) is 0 Å². The molecule has 398 valence electrons. The van der Waals surface area contributed by atoms with Crippen molar-refractivity contribution in [3.8, 4) is 0 Å². The molecule has 0 saturated heterocycles. The largest absolute Gasteiger partial charge is 0.553 e. The van der Waals surface area contributed by atoms with Crippen molar-refractivity contribution in [3.05, 3.63) is 320 Å². The van der Waals surface area contributed by atoms with Gasteiger partial charge in [-0.25, -0.2) is 0 Å². The molecule has 0 fully saturated rings. The Labute approximate surface area is 473 Å². The smallest absolute Gasteiger partial charge is 0.364 e. The molecule has 1 atom stereocenters. The molecule has 6 aliphatic rings. The summed E-state index contributed by atoms with van der Waals surface area (Å²) in [4.78, 5) is 18.2. The first-order valence-electron chi connectivity index (χ1n) is 28.1. The Balaban J connectivity index is 0.000000119. The number of H-pyrrole nitrogens is 4. The predicted octanol–water partition coefficient (Wildman–Crippen LogP) is 11.4. The molecule has 10 heteroatoms. The summed E-state index contributed by atoms with van der Waals surface area (Å²) in [5, 5.41) is 2.47. The third-order valence-electron chi connectivity index (χ3n) is 16.4. The molecule has 4 aromatic carbocycles. The van der Waals surface area contributed by atoms with E-state index in [1.165, 1.54) is 124 Å². The summed E-state index contributed by atoms with van der Waals surface area (Å²) in [6.07, 6.45) is 17.8. The SMILES string of the molecule is CN(C)Cc1ccc(C(c2ccccc2)c2ccc(CN(C)C)[nH]2)[nH]1.Cc1ccc(C(c2ccc[nH]2)c2ccc[nH]2)cc1.Cc1ccc(C2=C3C=CC4=[N+]3C35n6c(ccc6C(c6ccccc6)=c6ccc(n63)=C4)C=C3C=CC2=[N+]35)cc1. The molecule has 16 rings (SSSR count). The minimum absolute atomic E-state index is 0.188. The highest BCUT2D eigenvalue weighted by Gasteiger charge is 2.71. The van der Waals surface area contributed by atoms with Gasteiger partial charge < -0.3 is 29.7 Å². The lowest BCUT2D eigenvalue weighted by molar-refractivity contribution is -0.835. The topological polar surface area (TPSA) is 85.5 Å². The molecule has 1 unspecified atom stereocenters. The minimum atomic E-state index is -0.597. The summed E-state index contributed by atoms with van der Waals surface area (Å²) < 4.78 is 10.3. The van der Waals surface area contributed by atoms with E-state index >= 15 is 0 Å². The van der Waals surface area contributed by atoms with Crippen molar-refractivity contribution in [2.45, 2.75) is 44.7 Å². The fraction of sp³-hybridized carbons (Fsp3) is 0.155. The Morgan fingerprint density at radius 2 is 1.07 bits per heavy atom. The van der Waals surface area contributed by atoms with Gasteiger partial charge in [0.25, 0.3) is 0 Å². The maximum atomic E-state index is 3.62. The fourth-order valence-corrected chi connectivity index (χ4v) is 13.1. The molecule has 81 heavy (non-hydrogen) atoms. The summed E-state index contributed by atoms with van der Waals surface area (Å²) in [5.74, 6) is -0.163. The van der Waals surface area contributed by atoms with Gasteiger partial charge in [-0.1, -0.05) is 129 Å². The first-order valence-corrected chi connectivity index (χ1v) is 28.1. The van der Waals surface area contributed by atoms with Crippen LogP contribution in [0.15, 0.2) is 230 Å². The van der Waals surface area contributed by atoms with Gasteiger partial charge in [-0.2, -0.15) is 9.13 Å². The molecule has 4 N–H and O–H groups in total. The highest BCUT2D eigenvalue weighted by Crippen LogP contribution is 2.48. The van der Waals surface area contributed by atoms with Crippen LogP contribution in [0.5, 0.6) is 0 Å². The number of aromatic nitrogens is 6. The van der Waals surface area contributed by atoms with Crippen LogP contribution >= 0.6 is 0 Å². The van der Waals surface area contributed by atoms with E-state index in [4.69, 9.17) is 0 Å². The van der Waals surface area contributed by atoms with Crippen LogP contribution in [0.4, 0.5) is 0 Å². The second kappa shape index (κ2) is 20.0. The van der Waals surface area contributed by atoms with Gasteiger partial charge in [-0.15, -0.1) is 0 Å². The number of hydrogen-bond acceptors (Lipinski definition) is 2. The molecular formula is C71H66N10+2. The molecule has 1 spiro atoms. The predicted molar refractivity (Wildman–Crippen MR) is 326 cm³/mol. The molecule has 6 aliphatic heterocycles. The highest BCUT2D eigenvalue weighted by molar-refractivity contribution is 6.30. The average molecular weight is 1060 g/mol. The lowest BCUT2D eigenvalue weighted by Gasteiger charge is -2.39. The Kier molecular flexibility index (Phi) is 12.3. The number of nitrogens with one attached hydrogen (secondary N) is 4. The van der Waals surface area contributed by atoms with E-state index in [0.717, 1.165) is 13.1 Å². The maximum absolute atomic E-state index is 3.62. The van der Waals surface area contributed by atoms with E-state index in [0.29, 0.717) is 0 Å². The second-order valence-corrected chi connectivity index (χ2v) is 22.6. The summed E-state index contributed by atoms with van der Waals surface area (Å²) in [6.45, 7) is 6.10. The first kappa shape index (κ1) is 49.8. The van der Waals surface area contributed by atoms with Crippen LogP contribution < -0.4 is 10.7 Å². The van der Waals surface area contributed by atoms with E-state index in [9.17, 15) is 0 Å². The normalized spacial score (nSPS) is 16.5. The monoisotopic (exact) mass is 1060 g/mol. The lowest BCUT2D eigenvalue weighted by atomic mass is 9.92. The van der Waals surface area contributed by atoms with Crippen LogP contribution in [0.3, 0.4) is 0 Å². The van der Waals surface area contributed by atoms with Crippen molar-refractivity contribution >= 4 is 34.7 Å². The standard InChI is InChI=1S/C34H22N4.C21H28N4.C16H16N2/c1-21-7-9-23(10-8-21)33-30-17-13-26-19-24-11-15-28-32(22-5-3-2-4-6-22)29-16-12-25-20-27-14-18-31(33)38(27)34(35(24)28,36(25)29)37(26)30;1-24(2)14-17-10-12-19(22-17)21(16-8-6-5-7-9-16)20-13-11-18(23-20)15-25(3)4;1-12-6-8-13(9-7-12)16(14-4-2-10-17-14)15-5-3-11-18-15/h2-20H,1H3;5-13,21-23H,14-15H2,1-4H3;2-11,16-18H,1H3/q+2;;. The van der Waals surface area contributed by atoms with E-state index in [2.05, 4.69) is 296 Å². The summed E-state index contributed by atoms with van der Waals surface area (Å²) in [7, 11) is 8.36. The third-order valence-corrected chi connectivity index (χ3v) is 16.4. The number of nitrogens with zero attached hydrogens (tertiary/aromatic N) is 6. The fourth-order valence-electron chi connectivity index (χ4n) is 13.1. The Morgan fingerprint density at radius 3 is 1.69 bits per heavy atom. The van der Waals surface area contributed by atoms with Gasteiger partial charge in [0.15, 0.2) is 0 Å². The van der Waals surface area contributed by atoms with Crippen LogP contribution in [0.2, 0.25) is 0 Å². The van der Waals surface area contributed by atoms with E-state index in [1.807, 2.05) is 24.5 Å². The zero-order valence-electron chi connectivity index (χ0n) is 46.7. The van der Waals surface area contributed by atoms with Crippen LogP contribution in [-0.2, 0) is 19.0 Å². The minimum Gasteiger partial charge on any atom is -0.364 e. The first-order chi connectivity index (χ1) is 39.6. The quantitative estimate of drug-likeness (QED) is 0.0919. The molecule has 0 aliphatic carbocycles. The van der Waals surface area contributed by atoms with Crippen molar-refractivity contribution in [1.29, 1.82) is 0 Å². The molecule has 12 heterocycles. The number of allylic oxidation sites excluding steroid dienone is 5. The van der Waals surface area contributed by atoms with Gasteiger partial charge in [0, 0.05) is 102 Å². The van der Waals surface area contributed by atoms with Crippen LogP contribution in [0.1, 0.15) is 90.8 Å². The zero-order valence-corrected chi connectivity index (χ0v) is 46.7. The van der Waals surface area contributed by atoms with Gasteiger partial charge >= 0.3 is 5.91 Å². The van der Waals surface area contributed by atoms with Crippen LogP contribution in [-0.4, -0.2) is 87.6 Å². The average Bonchev–Trinajstić information content (AvgIpc) is 1.76. The van der Waals surface area contributed by atoms with Crippen molar-refractivity contribution < 1.29 is 9.15 Å². The summed E-state index contributed by atoms with van der Waals surface area (Å²) >= 11 is 0. The third kappa shape index (κ3) is 8.40. The molecular weight excluding hydrogens is 993 g/mol. The number of aryl methyl sites for hydroxylation is 2. The number of benzene rings is 4. The van der Waals surface area contributed by atoms with E-state index < -0.39 is 5.91 Å². The lowest BCUT2D eigenvalue weighted by Crippen LogP contribution is -2.70. The number of rotatable bonds is 12. The molecule has 0 saturated carbocycles. The van der Waals surface area contributed by atoms with Gasteiger partial charge in [0.1, 0.15) is 5.57 Å². The Morgan fingerprint density at radius 1 is 0.481 bits per heavy atom. The molecule has 6 aromatic heterocycles. The van der Waals surface area contributed by atoms with Crippen molar-refractivity contribution in [3.63, 3.8) is 0 Å². The van der Waals surface area contributed by atoms with E-state index in [-0.39, 0.29) is 11.8 Å². The molecule has 0 bridgehead atoms. The van der Waals surface area contributed by atoms with Crippen molar-refractivity contribution in [1.82, 2.24) is 38.9 Å². The van der Waals surface area contributed by atoms with Crippen LogP contribution in [0.25, 0.3) is 23.3 Å². The van der Waals surface area contributed by atoms with Gasteiger partial charge in [-0.3, -0.25) is 0 Å². The molecule has 10 aromatic rings. The molecule has 0 radical (unpaired) electrons.